The second-order valence-corrected chi connectivity index (χ2v) is 5.13. The summed E-state index contributed by atoms with van der Waals surface area (Å²) in [7, 11) is 2.12. The first-order valence-electron chi connectivity index (χ1n) is 5.27. The molecule has 0 amide bonds. The molecule has 0 aliphatic heterocycles. The summed E-state index contributed by atoms with van der Waals surface area (Å²) < 4.78 is 1.11. The first kappa shape index (κ1) is 9.92. The van der Waals surface area contributed by atoms with Gasteiger partial charge in [0.25, 0.3) is 0 Å². The van der Waals surface area contributed by atoms with E-state index in [1.807, 2.05) is 0 Å². The Bertz CT molecular complexity index is 561. The van der Waals surface area contributed by atoms with Gasteiger partial charge in [0.2, 0.25) is 0 Å². The van der Waals surface area contributed by atoms with Crippen molar-refractivity contribution in [1.29, 1.82) is 0 Å². The number of benzene rings is 2. The lowest BCUT2D eigenvalue weighted by atomic mass is 9.91. The number of rotatable bonds is 0. The Morgan fingerprint density at radius 2 is 1.50 bits per heavy atom. The fourth-order valence-electron chi connectivity index (χ4n) is 2.29. The highest BCUT2D eigenvalue weighted by molar-refractivity contribution is 9.10. The normalized spacial score (nSPS) is 12.4. The number of fused-ring (bicyclic) bond motifs is 3. The molecule has 0 saturated heterocycles. The Morgan fingerprint density at radius 1 is 0.875 bits per heavy atom. The lowest BCUT2D eigenvalue weighted by Gasteiger charge is -2.01. The number of hydrogen-bond donors (Lipinski definition) is 0. The molecule has 0 nitrogen and oxygen atoms in total. The maximum atomic E-state index is 4.20. The summed E-state index contributed by atoms with van der Waals surface area (Å²) in [4.78, 5) is 0. The second kappa shape index (κ2) is 3.36. The molecular formula is C14H10BBr. The van der Waals surface area contributed by atoms with Crippen LogP contribution in [0.4, 0.5) is 0 Å². The van der Waals surface area contributed by atoms with Crippen LogP contribution >= 0.6 is 15.9 Å². The molecule has 0 heterocycles. The zero-order valence-corrected chi connectivity index (χ0v) is 10.6. The molecule has 1 aliphatic carbocycles. The molecule has 0 aromatic heterocycles. The van der Waals surface area contributed by atoms with Gasteiger partial charge in [-0.05, 0) is 40.0 Å². The highest BCUT2D eigenvalue weighted by atomic mass is 79.9. The predicted octanol–water partition coefficient (Wildman–Crippen LogP) is 2.75. The van der Waals surface area contributed by atoms with Crippen molar-refractivity contribution >= 4 is 34.8 Å². The van der Waals surface area contributed by atoms with E-state index in [4.69, 9.17) is 0 Å². The minimum Gasteiger partial charge on any atom is -0.0905 e. The molecular weight excluding hydrogens is 259 g/mol. The van der Waals surface area contributed by atoms with Crippen LogP contribution in [0.15, 0.2) is 47.4 Å². The van der Waals surface area contributed by atoms with Gasteiger partial charge in [0.1, 0.15) is 7.85 Å². The van der Waals surface area contributed by atoms with Crippen molar-refractivity contribution in [3.63, 3.8) is 0 Å². The van der Waals surface area contributed by atoms with Crippen LogP contribution in [0.1, 0.15) is 11.1 Å². The van der Waals surface area contributed by atoms with Gasteiger partial charge >= 0.3 is 0 Å². The van der Waals surface area contributed by atoms with Crippen LogP contribution in [-0.4, -0.2) is 7.85 Å². The summed E-state index contributed by atoms with van der Waals surface area (Å²) in [5, 5.41) is 0. The van der Waals surface area contributed by atoms with E-state index in [2.05, 4.69) is 66.8 Å². The van der Waals surface area contributed by atoms with E-state index < -0.39 is 0 Å². The van der Waals surface area contributed by atoms with E-state index in [9.17, 15) is 0 Å². The molecule has 2 aromatic carbocycles. The van der Waals surface area contributed by atoms with Crippen molar-refractivity contribution in [2.45, 2.75) is 0 Å². The summed E-state index contributed by atoms with van der Waals surface area (Å²) in [5.41, 5.74) is 7.53. The van der Waals surface area contributed by atoms with E-state index in [0.717, 1.165) is 10.0 Å². The lowest BCUT2D eigenvalue weighted by molar-refractivity contribution is 1.61. The first-order chi connectivity index (χ1) is 7.66. The predicted molar refractivity (Wildman–Crippen MR) is 75.9 cm³/mol. The SMILES string of the molecule is Bc1ccc2c(c1)C(=C)c1cc(Br)ccc1-2. The van der Waals surface area contributed by atoms with Crippen LogP contribution in [0.25, 0.3) is 16.7 Å². The van der Waals surface area contributed by atoms with Gasteiger partial charge in [-0.3, -0.25) is 0 Å². The maximum Gasteiger partial charge on any atom is 0.139 e. The van der Waals surface area contributed by atoms with E-state index in [-0.39, 0.29) is 0 Å². The standard InChI is InChI=1S/C14H10BBr/c1-8-13-6-9(15)2-4-11(13)12-5-3-10(16)7-14(8)12/h2-7H,1,15H2. The summed E-state index contributed by atoms with van der Waals surface area (Å²) in [5.74, 6) is 0. The molecule has 0 bridgehead atoms. The van der Waals surface area contributed by atoms with E-state index >= 15 is 0 Å². The van der Waals surface area contributed by atoms with Crippen molar-refractivity contribution < 1.29 is 0 Å². The number of halogens is 1. The van der Waals surface area contributed by atoms with Crippen LogP contribution in [0, 0.1) is 0 Å². The summed E-state index contributed by atoms with van der Waals surface area (Å²) >= 11 is 3.51. The van der Waals surface area contributed by atoms with Crippen molar-refractivity contribution in [3.05, 3.63) is 58.6 Å². The fourth-order valence-corrected chi connectivity index (χ4v) is 2.65. The zero-order valence-electron chi connectivity index (χ0n) is 9.05. The quantitative estimate of drug-likeness (QED) is 0.550. The van der Waals surface area contributed by atoms with E-state index in [1.165, 1.54) is 27.7 Å². The van der Waals surface area contributed by atoms with Gasteiger partial charge in [-0.15, -0.1) is 0 Å². The molecule has 0 N–H and O–H groups in total. The molecule has 2 heteroatoms. The van der Waals surface area contributed by atoms with E-state index in [1.54, 1.807) is 0 Å². The Labute approximate surface area is 105 Å². The van der Waals surface area contributed by atoms with Crippen molar-refractivity contribution in [1.82, 2.24) is 0 Å². The van der Waals surface area contributed by atoms with Crippen molar-refractivity contribution in [3.8, 4) is 11.1 Å². The first-order valence-corrected chi connectivity index (χ1v) is 6.06. The third-order valence-electron chi connectivity index (χ3n) is 3.10. The molecule has 16 heavy (non-hydrogen) atoms. The monoisotopic (exact) mass is 268 g/mol. The lowest BCUT2D eigenvalue weighted by Crippen LogP contribution is -2.01. The minimum atomic E-state index is 1.11. The van der Waals surface area contributed by atoms with Crippen LogP contribution in [-0.2, 0) is 0 Å². The van der Waals surface area contributed by atoms with E-state index in [0.29, 0.717) is 0 Å². The molecule has 0 atom stereocenters. The van der Waals surface area contributed by atoms with Gasteiger partial charge in [-0.25, -0.2) is 0 Å². The summed E-state index contributed by atoms with van der Waals surface area (Å²) in [6, 6.07) is 12.9. The van der Waals surface area contributed by atoms with Gasteiger partial charge in [-0.2, -0.15) is 0 Å². The maximum absolute atomic E-state index is 4.20. The fraction of sp³-hybridized carbons (Fsp3) is 0. The third-order valence-corrected chi connectivity index (χ3v) is 3.59. The van der Waals surface area contributed by atoms with Crippen LogP contribution < -0.4 is 5.46 Å². The summed E-state index contributed by atoms with van der Waals surface area (Å²) in [6.07, 6.45) is 0. The Balaban J connectivity index is 2.34. The molecule has 0 spiro atoms. The molecule has 1 aliphatic rings. The number of hydrogen-bond acceptors (Lipinski definition) is 0. The molecule has 0 saturated carbocycles. The van der Waals surface area contributed by atoms with Crippen molar-refractivity contribution in [2.75, 3.05) is 0 Å². The smallest absolute Gasteiger partial charge is 0.0905 e. The van der Waals surface area contributed by atoms with Gasteiger partial charge in [0, 0.05) is 4.47 Å². The molecule has 0 unspecified atom stereocenters. The highest BCUT2D eigenvalue weighted by Crippen LogP contribution is 2.43. The molecule has 0 fully saturated rings. The third kappa shape index (κ3) is 1.30. The average molecular weight is 269 g/mol. The van der Waals surface area contributed by atoms with Crippen molar-refractivity contribution in [2.24, 2.45) is 0 Å². The van der Waals surface area contributed by atoms with Gasteiger partial charge in [0.05, 0.1) is 0 Å². The van der Waals surface area contributed by atoms with Crippen LogP contribution in [0.3, 0.4) is 0 Å². The van der Waals surface area contributed by atoms with Gasteiger partial charge in [-0.1, -0.05) is 52.2 Å². The molecule has 3 rings (SSSR count). The largest absolute Gasteiger partial charge is 0.139 e. The van der Waals surface area contributed by atoms with Crippen LogP contribution in [0.2, 0.25) is 0 Å². The molecule has 0 radical (unpaired) electrons. The molecule has 76 valence electrons. The average Bonchev–Trinajstić information content (AvgIpc) is 2.53. The zero-order chi connectivity index (χ0) is 11.3. The Hall–Kier alpha value is -1.28. The highest BCUT2D eigenvalue weighted by Gasteiger charge is 2.21. The second-order valence-electron chi connectivity index (χ2n) is 4.22. The van der Waals surface area contributed by atoms with Gasteiger partial charge < -0.3 is 0 Å². The summed E-state index contributed by atoms with van der Waals surface area (Å²) in [6.45, 7) is 4.20. The van der Waals surface area contributed by atoms with Crippen LogP contribution in [0.5, 0.6) is 0 Å². The minimum absolute atomic E-state index is 1.11. The van der Waals surface area contributed by atoms with Gasteiger partial charge in [0.15, 0.2) is 0 Å². The molecule has 2 aromatic rings. The Morgan fingerprint density at radius 3 is 2.25 bits per heavy atom. The topological polar surface area (TPSA) is 0 Å². The Kier molecular flexibility index (Phi) is 2.08.